The average molecular weight is 196 g/mol. The van der Waals surface area contributed by atoms with Crippen LogP contribution in [0.25, 0.3) is 0 Å². The van der Waals surface area contributed by atoms with E-state index in [0.29, 0.717) is 19.3 Å². The molecule has 0 rings (SSSR count). The smallest absolute Gasteiger partial charge is 0.395 e. The van der Waals surface area contributed by atoms with Crippen molar-refractivity contribution in [3.05, 3.63) is 0 Å². The normalized spacial score (nSPS) is 8.33. The third-order valence-corrected chi connectivity index (χ3v) is 0.894. The van der Waals surface area contributed by atoms with Crippen LogP contribution in [0, 0.1) is 0 Å². The minimum Gasteiger partial charge on any atom is -0.450 e. The van der Waals surface area contributed by atoms with E-state index < -0.39 is 0 Å². The van der Waals surface area contributed by atoms with Crippen LogP contribution in [0.5, 0.6) is 0 Å². The fourth-order valence-corrected chi connectivity index (χ4v) is 0.542. The van der Waals surface area contributed by atoms with Gasteiger partial charge in [-0.05, 0) is 13.8 Å². The van der Waals surface area contributed by atoms with Gasteiger partial charge in [0.1, 0.15) is 0 Å². The van der Waals surface area contributed by atoms with Gasteiger partial charge in [0, 0.05) is 0 Å². The zero-order valence-electron chi connectivity index (χ0n) is 5.56. The quantitative estimate of drug-likeness (QED) is 0.497. The predicted molar refractivity (Wildman–Crippen MR) is 39.6 cm³/mol. The van der Waals surface area contributed by atoms with Gasteiger partial charge >= 0.3 is 6.08 Å². The van der Waals surface area contributed by atoms with Gasteiger partial charge in [-0.25, -0.2) is 0 Å². The highest BCUT2D eigenvalue weighted by molar-refractivity contribution is 9.08. The van der Waals surface area contributed by atoms with Crippen molar-refractivity contribution in [3.63, 3.8) is 0 Å². The Bertz CT molecular complexity index is 87.0. The molecule has 0 amide bonds. The van der Waals surface area contributed by atoms with Gasteiger partial charge < -0.3 is 9.47 Å². The van der Waals surface area contributed by atoms with Gasteiger partial charge in [0.05, 0.1) is 29.4 Å². The van der Waals surface area contributed by atoms with Crippen LogP contribution in [0.15, 0.2) is 4.02 Å². The molecule has 0 spiro atoms. The maximum Gasteiger partial charge on any atom is 0.395 e. The summed E-state index contributed by atoms with van der Waals surface area (Å²) < 4.78 is 13.4. The lowest BCUT2D eigenvalue weighted by Crippen LogP contribution is -2.07. The zero-order valence-corrected chi connectivity index (χ0v) is 7.14. The summed E-state index contributed by atoms with van der Waals surface area (Å²) in [5.74, 6) is 0. The first kappa shape index (κ1) is 8.75. The summed E-state index contributed by atoms with van der Waals surface area (Å²) in [6.07, 6.45) is 0.292. The lowest BCUT2D eigenvalue weighted by Gasteiger charge is -2.03. The molecule has 9 heavy (non-hydrogen) atoms. The maximum absolute atomic E-state index is 4.91. The number of ether oxygens (including phenoxy) is 2. The Balaban J connectivity index is 3.43. The Morgan fingerprint density at radius 1 is 1.33 bits per heavy atom. The van der Waals surface area contributed by atoms with E-state index in [1.54, 1.807) is 0 Å². The Kier molecular flexibility index (Phi) is 5.72. The topological polar surface area (TPSA) is 30.8 Å². The molecule has 0 saturated carbocycles. The zero-order chi connectivity index (χ0) is 7.11. The summed E-state index contributed by atoms with van der Waals surface area (Å²) >= 11 is 2.86. The summed E-state index contributed by atoms with van der Waals surface area (Å²) in [7, 11) is 0. The van der Waals surface area contributed by atoms with E-state index >= 15 is 0 Å². The lowest BCUT2D eigenvalue weighted by molar-refractivity contribution is 0.183. The predicted octanol–water partition coefficient (Wildman–Crippen LogP) is 1.73. The fraction of sp³-hybridized carbons (Fsp3) is 0.800. The van der Waals surface area contributed by atoms with Gasteiger partial charge in [0.25, 0.3) is 0 Å². The number of hydrogen-bond donors (Lipinski definition) is 0. The van der Waals surface area contributed by atoms with Crippen LogP contribution >= 0.6 is 16.1 Å². The molecule has 3 nitrogen and oxygen atoms in total. The Labute approximate surface area is 63.4 Å². The summed E-state index contributed by atoms with van der Waals surface area (Å²) in [5.41, 5.74) is 0. The second-order valence-corrected chi connectivity index (χ2v) is 1.57. The van der Waals surface area contributed by atoms with Crippen molar-refractivity contribution in [1.82, 2.24) is 0 Å². The molecule has 0 heterocycles. The molecule has 0 aromatic rings. The van der Waals surface area contributed by atoms with Gasteiger partial charge in [0.2, 0.25) is 0 Å². The van der Waals surface area contributed by atoms with E-state index in [1.807, 2.05) is 13.8 Å². The van der Waals surface area contributed by atoms with Gasteiger partial charge in [-0.2, -0.15) is 0 Å². The van der Waals surface area contributed by atoms with E-state index in [-0.39, 0.29) is 0 Å². The standard InChI is InChI=1S/C5H10BrNO2/c1-3-8-5(7-6)9-4-2/h3-4H2,1-2H3. The second-order valence-electron chi connectivity index (χ2n) is 1.22. The van der Waals surface area contributed by atoms with Crippen LogP contribution in [-0.2, 0) is 9.47 Å². The molecule has 4 heteroatoms. The Morgan fingerprint density at radius 2 is 1.78 bits per heavy atom. The van der Waals surface area contributed by atoms with Crippen LogP contribution in [0.3, 0.4) is 0 Å². The number of halogens is 1. The average Bonchev–Trinajstić information content (AvgIpc) is 1.88. The Hall–Kier alpha value is -0.250. The largest absolute Gasteiger partial charge is 0.450 e. The van der Waals surface area contributed by atoms with E-state index in [9.17, 15) is 0 Å². The molecule has 0 aliphatic rings. The van der Waals surface area contributed by atoms with Gasteiger partial charge in [-0.15, -0.1) is 4.02 Å². The van der Waals surface area contributed by atoms with Crippen LogP contribution in [0.2, 0.25) is 0 Å². The minimum atomic E-state index is 0.292. The van der Waals surface area contributed by atoms with E-state index in [0.717, 1.165) is 0 Å². The van der Waals surface area contributed by atoms with Crippen molar-refractivity contribution < 1.29 is 9.47 Å². The van der Waals surface area contributed by atoms with Crippen molar-refractivity contribution in [1.29, 1.82) is 0 Å². The van der Waals surface area contributed by atoms with Crippen LogP contribution in [0.1, 0.15) is 13.8 Å². The summed E-state index contributed by atoms with van der Waals surface area (Å²) in [6, 6.07) is 0. The van der Waals surface area contributed by atoms with Gasteiger partial charge in [0.15, 0.2) is 0 Å². The number of hydrogen-bond acceptors (Lipinski definition) is 3. The second kappa shape index (κ2) is 5.88. The third-order valence-electron chi connectivity index (χ3n) is 0.605. The molecular weight excluding hydrogens is 186 g/mol. The minimum absolute atomic E-state index is 0.292. The highest BCUT2D eigenvalue weighted by atomic mass is 79.9. The van der Waals surface area contributed by atoms with Crippen LogP contribution in [-0.4, -0.2) is 19.3 Å². The van der Waals surface area contributed by atoms with Crippen molar-refractivity contribution in [2.45, 2.75) is 13.8 Å². The van der Waals surface area contributed by atoms with Crippen molar-refractivity contribution in [2.75, 3.05) is 13.2 Å². The number of rotatable bonds is 2. The van der Waals surface area contributed by atoms with Crippen molar-refractivity contribution in [3.8, 4) is 0 Å². The Morgan fingerprint density at radius 3 is 2.00 bits per heavy atom. The summed E-state index contributed by atoms with van der Waals surface area (Å²) in [5, 5.41) is 0. The van der Waals surface area contributed by atoms with Crippen LogP contribution < -0.4 is 0 Å². The fourth-order valence-electron chi connectivity index (χ4n) is 0.337. The molecule has 0 N–H and O–H groups in total. The first-order chi connectivity index (χ1) is 4.35. The molecule has 0 unspecified atom stereocenters. The van der Waals surface area contributed by atoms with Gasteiger partial charge in [-0.3, -0.25) is 0 Å². The van der Waals surface area contributed by atoms with Crippen LogP contribution in [0.4, 0.5) is 0 Å². The molecule has 0 bridgehead atoms. The van der Waals surface area contributed by atoms with E-state index in [1.165, 1.54) is 0 Å². The molecule has 0 aliphatic carbocycles. The van der Waals surface area contributed by atoms with Gasteiger partial charge in [-0.1, -0.05) is 0 Å². The number of nitrogens with zero attached hydrogens (tertiary/aromatic N) is 1. The molecule has 0 aliphatic heterocycles. The van der Waals surface area contributed by atoms with E-state index in [4.69, 9.17) is 9.47 Å². The molecule has 0 fully saturated rings. The molecule has 0 aromatic carbocycles. The highest BCUT2D eigenvalue weighted by Gasteiger charge is 1.94. The molecule has 0 aromatic heterocycles. The highest BCUT2D eigenvalue weighted by Crippen LogP contribution is 1.90. The van der Waals surface area contributed by atoms with E-state index in [2.05, 4.69) is 20.2 Å². The van der Waals surface area contributed by atoms with Crippen molar-refractivity contribution >= 4 is 22.2 Å². The monoisotopic (exact) mass is 195 g/mol. The third kappa shape index (κ3) is 4.27. The maximum atomic E-state index is 4.91. The molecule has 0 atom stereocenters. The van der Waals surface area contributed by atoms with Crippen molar-refractivity contribution in [2.24, 2.45) is 4.02 Å². The molecule has 54 valence electrons. The first-order valence-electron chi connectivity index (χ1n) is 2.79. The molecule has 0 saturated heterocycles. The summed E-state index contributed by atoms with van der Waals surface area (Å²) in [4.78, 5) is 0. The molecule has 0 radical (unpaired) electrons. The summed E-state index contributed by atoms with van der Waals surface area (Å²) in [6.45, 7) is 4.89. The SMILES string of the molecule is CCOC(=NBr)OCC. The molecular formula is C5H10BrNO2. The lowest BCUT2D eigenvalue weighted by atomic mass is 10.8. The first-order valence-corrected chi connectivity index (χ1v) is 3.50.